The first kappa shape index (κ1) is 12.0. The number of rotatable bonds is 4. The van der Waals surface area contributed by atoms with Crippen molar-refractivity contribution in [2.45, 2.75) is 6.92 Å². The van der Waals surface area contributed by atoms with Crippen LogP contribution in [0.1, 0.15) is 17.3 Å². The van der Waals surface area contributed by atoms with Crippen LogP contribution in [-0.2, 0) is 4.84 Å². The molecule has 4 N–H and O–H groups in total. The van der Waals surface area contributed by atoms with Crippen molar-refractivity contribution in [3.8, 4) is 0 Å². The Morgan fingerprint density at radius 2 is 1.94 bits per heavy atom. The molecule has 0 aliphatic carbocycles. The van der Waals surface area contributed by atoms with Gasteiger partial charge in [0.05, 0.1) is 6.61 Å². The first-order valence-corrected chi connectivity index (χ1v) is 4.72. The fraction of sp³-hybridized carbons (Fsp3) is 0.200. The summed E-state index contributed by atoms with van der Waals surface area (Å²) >= 11 is 0. The van der Waals surface area contributed by atoms with Gasteiger partial charge in [0.15, 0.2) is 0 Å². The minimum atomic E-state index is -0.647. The highest BCUT2D eigenvalue weighted by Crippen LogP contribution is 2.08. The maximum atomic E-state index is 11.4. The van der Waals surface area contributed by atoms with E-state index in [1.807, 2.05) is 0 Å². The summed E-state index contributed by atoms with van der Waals surface area (Å²) in [6, 6.07) is 5.61. The van der Waals surface area contributed by atoms with E-state index in [1.54, 1.807) is 31.2 Å². The van der Waals surface area contributed by atoms with Gasteiger partial charge in [-0.1, -0.05) is 0 Å². The maximum Gasteiger partial charge on any atom is 0.316 e. The van der Waals surface area contributed by atoms with Crippen LogP contribution in [0.25, 0.3) is 0 Å². The molecule has 1 aromatic rings. The van der Waals surface area contributed by atoms with Crippen LogP contribution >= 0.6 is 0 Å². The summed E-state index contributed by atoms with van der Waals surface area (Å²) in [6.45, 7) is 2.16. The zero-order valence-electron chi connectivity index (χ0n) is 8.82. The van der Waals surface area contributed by atoms with Crippen molar-refractivity contribution in [1.82, 2.24) is 5.48 Å². The van der Waals surface area contributed by atoms with Crippen LogP contribution in [0.5, 0.6) is 0 Å². The second-order valence-electron chi connectivity index (χ2n) is 2.93. The van der Waals surface area contributed by atoms with Gasteiger partial charge >= 0.3 is 6.03 Å². The number of anilines is 1. The summed E-state index contributed by atoms with van der Waals surface area (Å²) in [5.41, 5.74) is 8.16. The fourth-order valence-electron chi connectivity index (χ4n) is 1.04. The third-order valence-electron chi connectivity index (χ3n) is 1.72. The summed E-state index contributed by atoms with van der Waals surface area (Å²) in [7, 11) is 0. The molecule has 3 amide bonds. The van der Waals surface area contributed by atoms with Crippen LogP contribution in [0.4, 0.5) is 10.5 Å². The standard InChI is InChI=1S/C10H13N3O3/c1-2-16-13-9(14)7-3-5-8(6-4-7)12-10(11)15/h3-6H,2H2,1H3,(H,13,14)(H3,11,12,15). The van der Waals surface area contributed by atoms with E-state index in [-0.39, 0.29) is 5.91 Å². The Morgan fingerprint density at radius 1 is 1.31 bits per heavy atom. The molecule has 6 nitrogen and oxygen atoms in total. The smallest absolute Gasteiger partial charge is 0.316 e. The van der Waals surface area contributed by atoms with Crippen LogP contribution in [-0.4, -0.2) is 18.5 Å². The molecule has 0 saturated heterocycles. The van der Waals surface area contributed by atoms with Gasteiger partial charge in [-0.2, -0.15) is 0 Å². The first-order valence-electron chi connectivity index (χ1n) is 4.72. The van der Waals surface area contributed by atoms with E-state index in [0.717, 1.165) is 0 Å². The van der Waals surface area contributed by atoms with Gasteiger partial charge in [0.25, 0.3) is 5.91 Å². The van der Waals surface area contributed by atoms with Crippen molar-refractivity contribution in [3.05, 3.63) is 29.8 Å². The number of nitrogens with two attached hydrogens (primary N) is 1. The molecule has 0 saturated carbocycles. The number of hydrogen-bond acceptors (Lipinski definition) is 3. The predicted octanol–water partition coefficient (Wildman–Crippen LogP) is 0.859. The van der Waals surface area contributed by atoms with Crippen LogP contribution in [0.2, 0.25) is 0 Å². The third kappa shape index (κ3) is 3.58. The highest BCUT2D eigenvalue weighted by atomic mass is 16.6. The lowest BCUT2D eigenvalue weighted by Gasteiger charge is -2.05. The first-order chi connectivity index (χ1) is 7.63. The van der Waals surface area contributed by atoms with E-state index in [0.29, 0.717) is 17.9 Å². The van der Waals surface area contributed by atoms with Gasteiger partial charge < -0.3 is 11.1 Å². The van der Waals surface area contributed by atoms with E-state index in [9.17, 15) is 9.59 Å². The topological polar surface area (TPSA) is 93.4 Å². The lowest BCUT2D eigenvalue weighted by molar-refractivity contribution is 0.0364. The molecule has 6 heteroatoms. The molecule has 0 aromatic heterocycles. The Morgan fingerprint density at radius 3 is 2.44 bits per heavy atom. The summed E-state index contributed by atoms with van der Waals surface area (Å²) in [6.07, 6.45) is 0. The van der Waals surface area contributed by atoms with Crippen LogP contribution in [0.3, 0.4) is 0 Å². The minimum Gasteiger partial charge on any atom is -0.351 e. The van der Waals surface area contributed by atoms with Crippen molar-refractivity contribution in [1.29, 1.82) is 0 Å². The Labute approximate surface area is 92.7 Å². The molecule has 1 aromatic carbocycles. The zero-order chi connectivity index (χ0) is 12.0. The molecule has 0 unspecified atom stereocenters. The number of benzene rings is 1. The van der Waals surface area contributed by atoms with E-state index in [1.165, 1.54) is 0 Å². The number of amides is 3. The molecule has 0 spiro atoms. The number of urea groups is 1. The van der Waals surface area contributed by atoms with Gasteiger partial charge in [0, 0.05) is 11.3 Å². The van der Waals surface area contributed by atoms with Gasteiger partial charge in [-0.05, 0) is 31.2 Å². The van der Waals surface area contributed by atoms with Crippen LogP contribution in [0, 0.1) is 0 Å². The van der Waals surface area contributed by atoms with E-state index in [2.05, 4.69) is 10.8 Å². The molecule has 0 aliphatic heterocycles. The van der Waals surface area contributed by atoms with Crippen molar-refractivity contribution in [2.24, 2.45) is 5.73 Å². The Balaban J connectivity index is 2.63. The number of hydroxylamine groups is 1. The zero-order valence-corrected chi connectivity index (χ0v) is 8.82. The summed E-state index contributed by atoms with van der Waals surface area (Å²) < 4.78 is 0. The lowest BCUT2D eigenvalue weighted by atomic mass is 10.2. The summed E-state index contributed by atoms with van der Waals surface area (Å²) in [4.78, 5) is 26.7. The monoisotopic (exact) mass is 223 g/mol. The predicted molar refractivity (Wildman–Crippen MR) is 58.7 cm³/mol. The molecule has 0 bridgehead atoms. The van der Waals surface area contributed by atoms with Gasteiger partial charge in [0.1, 0.15) is 0 Å². The Kier molecular flexibility index (Phi) is 4.28. The Bertz CT molecular complexity index is 375. The van der Waals surface area contributed by atoms with Crippen LogP contribution in [0.15, 0.2) is 24.3 Å². The summed E-state index contributed by atoms with van der Waals surface area (Å²) in [5.74, 6) is -0.340. The van der Waals surface area contributed by atoms with Gasteiger partial charge in [0.2, 0.25) is 0 Å². The van der Waals surface area contributed by atoms with E-state index >= 15 is 0 Å². The molecule has 0 heterocycles. The second-order valence-corrected chi connectivity index (χ2v) is 2.93. The SMILES string of the molecule is CCONC(=O)c1ccc(NC(N)=O)cc1. The number of carbonyl (C=O) groups excluding carboxylic acids is 2. The molecule has 0 atom stereocenters. The van der Waals surface area contributed by atoms with Crippen molar-refractivity contribution >= 4 is 17.6 Å². The molecule has 86 valence electrons. The normalized spacial score (nSPS) is 9.56. The van der Waals surface area contributed by atoms with Gasteiger partial charge in [-0.25, -0.2) is 10.3 Å². The largest absolute Gasteiger partial charge is 0.351 e. The van der Waals surface area contributed by atoms with E-state index in [4.69, 9.17) is 10.6 Å². The van der Waals surface area contributed by atoms with Gasteiger partial charge in [-0.15, -0.1) is 0 Å². The summed E-state index contributed by atoms with van der Waals surface area (Å²) in [5, 5.41) is 2.39. The highest BCUT2D eigenvalue weighted by Gasteiger charge is 2.04. The maximum absolute atomic E-state index is 11.4. The Hall–Kier alpha value is -2.08. The lowest BCUT2D eigenvalue weighted by Crippen LogP contribution is -2.23. The number of nitrogens with one attached hydrogen (secondary N) is 2. The molecule has 16 heavy (non-hydrogen) atoms. The molecular formula is C10H13N3O3. The molecule has 1 rings (SSSR count). The molecule has 0 fully saturated rings. The van der Waals surface area contributed by atoms with E-state index < -0.39 is 6.03 Å². The van der Waals surface area contributed by atoms with Gasteiger partial charge in [-0.3, -0.25) is 9.63 Å². The van der Waals surface area contributed by atoms with Crippen molar-refractivity contribution in [2.75, 3.05) is 11.9 Å². The fourth-order valence-corrected chi connectivity index (χ4v) is 1.04. The molecular weight excluding hydrogens is 210 g/mol. The number of carbonyl (C=O) groups is 2. The number of hydrogen-bond donors (Lipinski definition) is 3. The highest BCUT2D eigenvalue weighted by molar-refractivity contribution is 5.94. The molecule has 0 aliphatic rings. The quantitative estimate of drug-likeness (QED) is 0.661. The molecule has 0 radical (unpaired) electrons. The average Bonchev–Trinajstić information content (AvgIpc) is 2.26. The average molecular weight is 223 g/mol. The number of primary amides is 1. The minimum absolute atomic E-state index is 0.340. The van der Waals surface area contributed by atoms with Crippen LogP contribution < -0.4 is 16.5 Å². The third-order valence-corrected chi connectivity index (χ3v) is 1.72. The van der Waals surface area contributed by atoms with Crippen molar-refractivity contribution in [3.63, 3.8) is 0 Å². The van der Waals surface area contributed by atoms with Crippen molar-refractivity contribution < 1.29 is 14.4 Å². The second kappa shape index (κ2) is 5.72.